The fourth-order valence-electron chi connectivity index (χ4n) is 9.77. The van der Waals surface area contributed by atoms with E-state index in [0.29, 0.717) is 0 Å². The van der Waals surface area contributed by atoms with Gasteiger partial charge in [-0.25, -0.2) is 0 Å². The Labute approximate surface area is 351 Å². The number of hydrogen-bond acceptors (Lipinski definition) is 1. The zero-order valence-corrected chi connectivity index (χ0v) is 33.4. The molecule has 1 atom stereocenters. The average Bonchev–Trinajstić information content (AvgIpc) is 3.85. The Morgan fingerprint density at radius 3 is 1.10 bits per heavy atom. The van der Waals surface area contributed by atoms with Crippen LogP contribution in [0.5, 0.6) is 0 Å². The van der Waals surface area contributed by atoms with Crippen LogP contribution >= 0.6 is 0 Å². The van der Waals surface area contributed by atoms with Crippen LogP contribution in [0.1, 0.15) is 17.2 Å². The zero-order chi connectivity index (χ0) is 40.0. The average molecular weight is 767 g/mol. The van der Waals surface area contributed by atoms with Crippen LogP contribution in [0.4, 0.5) is 0 Å². The zero-order valence-electron chi connectivity index (χ0n) is 33.4. The first-order valence-corrected chi connectivity index (χ1v) is 20.8. The van der Waals surface area contributed by atoms with Gasteiger partial charge in [0.15, 0.2) is 0 Å². The van der Waals surface area contributed by atoms with E-state index >= 15 is 0 Å². The minimum absolute atomic E-state index is 0.132. The highest BCUT2D eigenvalue weighted by molar-refractivity contribution is 6.26. The predicted molar refractivity (Wildman–Crippen MR) is 252 cm³/mol. The maximum absolute atomic E-state index is 3.62. The minimum Gasteiger partial charge on any atom is -0.309 e. The molecule has 1 N–H and O–H groups in total. The molecule has 0 fully saturated rings. The van der Waals surface area contributed by atoms with Crippen LogP contribution in [0.3, 0.4) is 0 Å². The van der Waals surface area contributed by atoms with Gasteiger partial charge in [-0.1, -0.05) is 212 Å². The number of benzene rings is 9. The molecule has 284 valence electrons. The van der Waals surface area contributed by atoms with Crippen LogP contribution < -0.4 is 5.32 Å². The number of hydrogen-bond donors (Lipinski definition) is 1. The third-order valence-corrected chi connectivity index (χ3v) is 12.2. The Hall–Kier alpha value is -7.52. The van der Waals surface area contributed by atoms with Crippen molar-refractivity contribution in [3.63, 3.8) is 0 Å². The van der Waals surface area contributed by atoms with Crippen molar-refractivity contribution in [1.82, 2.24) is 9.88 Å². The molecule has 1 aliphatic carbocycles. The van der Waals surface area contributed by atoms with Crippen LogP contribution in [-0.2, 0) is 0 Å². The molecule has 9 aromatic carbocycles. The summed E-state index contributed by atoms with van der Waals surface area (Å²) in [6.07, 6.45) is 0. The maximum Gasteiger partial charge on any atom is 0.0620 e. The Balaban J connectivity index is 1.44. The van der Waals surface area contributed by atoms with Gasteiger partial charge >= 0.3 is 0 Å². The van der Waals surface area contributed by atoms with Gasteiger partial charge in [-0.05, 0) is 85.9 Å². The smallest absolute Gasteiger partial charge is 0.0620 e. The molecule has 1 unspecified atom stereocenters. The minimum atomic E-state index is 0.132. The molecule has 1 aliphatic rings. The number of aromatic nitrogens is 1. The van der Waals surface area contributed by atoms with E-state index in [1.165, 1.54) is 77.5 Å². The van der Waals surface area contributed by atoms with Crippen molar-refractivity contribution in [2.45, 2.75) is 6.04 Å². The molecule has 0 aliphatic heterocycles. The van der Waals surface area contributed by atoms with Crippen LogP contribution in [0.25, 0.3) is 94.6 Å². The van der Waals surface area contributed by atoms with Gasteiger partial charge in [0, 0.05) is 27.6 Å². The van der Waals surface area contributed by atoms with Crippen LogP contribution in [0.15, 0.2) is 224 Å². The molecule has 10 aromatic rings. The lowest BCUT2D eigenvalue weighted by atomic mass is 9.78. The Bertz CT molecular complexity index is 2970. The van der Waals surface area contributed by atoms with Crippen molar-refractivity contribution >= 4 is 10.8 Å². The Kier molecular flexibility index (Phi) is 8.91. The van der Waals surface area contributed by atoms with E-state index in [-0.39, 0.29) is 6.04 Å². The molecule has 0 saturated carbocycles. The third kappa shape index (κ3) is 5.76. The highest BCUT2D eigenvalue weighted by atomic mass is 15.0. The lowest BCUT2D eigenvalue weighted by Crippen LogP contribution is -2.14. The highest BCUT2D eigenvalue weighted by Crippen LogP contribution is 2.57. The summed E-state index contributed by atoms with van der Waals surface area (Å²) in [5, 5.41) is 6.06. The molecule has 1 heterocycles. The summed E-state index contributed by atoms with van der Waals surface area (Å²) >= 11 is 0. The van der Waals surface area contributed by atoms with E-state index < -0.39 is 0 Å². The summed E-state index contributed by atoms with van der Waals surface area (Å²) in [7, 11) is 2.06. The van der Waals surface area contributed by atoms with Gasteiger partial charge in [0.1, 0.15) is 0 Å². The normalized spacial score (nSPS) is 13.0. The second kappa shape index (κ2) is 15.0. The number of rotatable bonds is 8. The van der Waals surface area contributed by atoms with Crippen LogP contribution in [-0.4, -0.2) is 11.6 Å². The summed E-state index contributed by atoms with van der Waals surface area (Å²) < 4.78 is 2.58. The molecule has 1 aromatic heterocycles. The van der Waals surface area contributed by atoms with E-state index in [4.69, 9.17) is 0 Å². The second-order valence-corrected chi connectivity index (χ2v) is 15.6. The third-order valence-electron chi connectivity index (χ3n) is 12.2. The monoisotopic (exact) mass is 766 g/mol. The first-order valence-electron chi connectivity index (χ1n) is 20.8. The van der Waals surface area contributed by atoms with Crippen molar-refractivity contribution in [3.8, 4) is 83.8 Å². The van der Waals surface area contributed by atoms with Gasteiger partial charge in [-0.3, -0.25) is 0 Å². The van der Waals surface area contributed by atoms with Crippen molar-refractivity contribution in [2.24, 2.45) is 0 Å². The number of nitrogens with one attached hydrogen (secondary N) is 1. The van der Waals surface area contributed by atoms with Crippen molar-refractivity contribution in [2.75, 3.05) is 7.05 Å². The lowest BCUT2D eigenvalue weighted by molar-refractivity contribution is 0.707. The molecule has 0 saturated heterocycles. The summed E-state index contributed by atoms with van der Waals surface area (Å²) in [5.74, 6) is 0. The van der Waals surface area contributed by atoms with Crippen molar-refractivity contribution in [1.29, 1.82) is 0 Å². The summed E-state index contributed by atoms with van der Waals surface area (Å²) in [4.78, 5) is 0. The molecule has 11 rings (SSSR count). The van der Waals surface area contributed by atoms with Gasteiger partial charge in [0.25, 0.3) is 0 Å². The molecular weight excluding hydrogens is 725 g/mol. The number of fused-ring (bicyclic) bond motifs is 4. The largest absolute Gasteiger partial charge is 0.309 e. The molecular formula is C58H42N2. The SMILES string of the molecule is CNC1c2ccccc2-c2cc(-n3c(-c4ccccc4)c4c(-c5ccccc5)c(-c5ccccc5)c(-c5ccccc5)c(-c5ccccc5)c4c3-c3ccccc3)ccc21. The summed E-state index contributed by atoms with van der Waals surface area (Å²) in [6.45, 7) is 0. The predicted octanol–water partition coefficient (Wildman–Crippen LogP) is 14.9. The van der Waals surface area contributed by atoms with Crippen LogP contribution in [0.2, 0.25) is 0 Å². The van der Waals surface area contributed by atoms with E-state index in [1.54, 1.807) is 0 Å². The Morgan fingerprint density at radius 1 is 0.333 bits per heavy atom. The molecule has 2 nitrogen and oxygen atoms in total. The summed E-state index contributed by atoms with van der Waals surface area (Å²) in [5.41, 5.74) is 20.5. The molecule has 0 bridgehead atoms. The van der Waals surface area contributed by atoms with Gasteiger partial charge in [-0.2, -0.15) is 0 Å². The highest BCUT2D eigenvalue weighted by Gasteiger charge is 2.33. The first kappa shape index (κ1) is 35.6. The van der Waals surface area contributed by atoms with Gasteiger partial charge < -0.3 is 9.88 Å². The lowest BCUT2D eigenvalue weighted by Gasteiger charge is -2.24. The first-order chi connectivity index (χ1) is 29.8. The van der Waals surface area contributed by atoms with Crippen molar-refractivity contribution < 1.29 is 0 Å². The van der Waals surface area contributed by atoms with Gasteiger partial charge in [-0.15, -0.1) is 0 Å². The molecule has 0 amide bonds. The van der Waals surface area contributed by atoms with Gasteiger partial charge in [0.2, 0.25) is 0 Å². The van der Waals surface area contributed by atoms with E-state index in [2.05, 4.69) is 241 Å². The Morgan fingerprint density at radius 2 is 0.683 bits per heavy atom. The molecule has 2 heteroatoms. The van der Waals surface area contributed by atoms with Crippen molar-refractivity contribution in [3.05, 3.63) is 236 Å². The molecule has 0 spiro atoms. The summed E-state index contributed by atoms with van der Waals surface area (Å²) in [6, 6.07) is 82.3. The number of nitrogens with zero attached hydrogens (tertiary/aromatic N) is 1. The molecule has 60 heavy (non-hydrogen) atoms. The molecule has 0 radical (unpaired) electrons. The topological polar surface area (TPSA) is 17.0 Å². The van der Waals surface area contributed by atoms with E-state index in [9.17, 15) is 0 Å². The van der Waals surface area contributed by atoms with E-state index in [0.717, 1.165) is 28.2 Å². The van der Waals surface area contributed by atoms with E-state index in [1.807, 2.05) is 0 Å². The fourth-order valence-corrected chi connectivity index (χ4v) is 9.77. The second-order valence-electron chi connectivity index (χ2n) is 15.6. The fraction of sp³-hybridized carbons (Fsp3) is 0.0345. The standard InChI is InChI=1S/C58H42N2/c1-59-56-47-35-21-20-34-46(47)49-38-45(36-37-48(49)56)60-57(43-30-16-6-17-31-43)54-52(41-26-12-4-13-27-41)50(39-22-8-2-9-23-39)51(40-24-10-3-11-25-40)53(42-28-14-5-15-29-42)55(54)58(60)44-32-18-7-19-33-44/h2-38,56,59H,1H3. The maximum atomic E-state index is 3.62. The van der Waals surface area contributed by atoms with Crippen LogP contribution in [0, 0.1) is 0 Å². The quantitative estimate of drug-likeness (QED) is 0.163. The van der Waals surface area contributed by atoms with Gasteiger partial charge in [0.05, 0.1) is 17.4 Å².